The van der Waals surface area contributed by atoms with Gasteiger partial charge in [0.2, 0.25) is 11.2 Å². The van der Waals surface area contributed by atoms with Crippen molar-refractivity contribution in [3.05, 3.63) is 69.3 Å². The smallest absolute Gasteiger partial charge is 0.261 e. The predicted molar refractivity (Wildman–Crippen MR) is 164 cm³/mol. The zero-order valence-corrected chi connectivity index (χ0v) is 24.9. The maximum Gasteiger partial charge on any atom is 0.261 e. The molecule has 0 bridgehead atoms. The Hall–Kier alpha value is -3.53. The number of thiophene rings is 1. The second kappa shape index (κ2) is 11.4. The van der Waals surface area contributed by atoms with Crippen LogP contribution < -0.4 is 15.1 Å². The van der Waals surface area contributed by atoms with Crippen LogP contribution in [0.1, 0.15) is 46.6 Å². The third-order valence-corrected chi connectivity index (χ3v) is 9.37. The summed E-state index contributed by atoms with van der Waals surface area (Å²) in [7, 11) is 0. The number of anilines is 2. The highest BCUT2D eigenvalue weighted by molar-refractivity contribution is 7.21. The monoisotopic (exact) mass is 589 g/mol. The molecule has 4 heterocycles. The molecular weight excluding hydrogens is 558 g/mol. The van der Waals surface area contributed by atoms with Crippen molar-refractivity contribution in [3.63, 3.8) is 0 Å². The first kappa shape index (κ1) is 27.6. The van der Waals surface area contributed by atoms with E-state index in [1.165, 1.54) is 16.9 Å². The van der Waals surface area contributed by atoms with Crippen LogP contribution in [0.5, 0.6) is 0 Å². The molecule has 1 N–H and O–H groups in total. The van der Waals surface area contributed by atoms with Gasteiger partial charge in [-0.25, -0.2) is 4.98 Å². The van der Waals surface area contributed by atoms with Crippen molar-refractivity contribution in [2.75, 3.05) is 36.1 Å². The Morgan fingerprint density at radius 2 is 1.83 bits per heavy atom. The number of aromatic nitrogens is 2. The number of nitrogens with zero attached hydrogens (tertiary/aromatic N) is 4. The number of carbonyl (C=O) groups excluding carboxylic acids is 2. The largest absolute Gasteiger partial charge is 0.378 e. The van der Waals surface area contributed by atoms with Gasteiger partial charge in [-0.05, 0) is 78.2 Å². The molecule has 1 fully saturated rings. The van der Waals surface area contributed by atoms with E-state index in [9.17, 15) is 9.59 Å². The van der Waals surface area contributed by atoms with Crippen LogP contribution in [0.2, 0.25) is 5.28 Å². The molecule has 10 heteroatoms. The second-order valence-electron chi connectivity index (χ2n) is 10.6. The van der Waals surface area contributed by atoms with Gasteiger partial charge < -0.3 is 19.9 Å². The number of hydrogen-bond donors (Lipinski definition) is 1. The summed E-state index contributed by atoms with van der Waals surface area (Å²) in [5, 5.41) is 3.25. The average Bonchev–Trinajstić information content (AvgIpc) is 3.31. The number of morpholine rings is 1. The van der Waals surface area contributed by atoms with Crippen molar-refractivity contribution in [1.82, 2.24) is 15.3 Å². The number of halogens is 1. The Kier molecular flexibility index (Phi) is 7.68. The Morgan fingerprint density at radius 3 is 2.56 bits per heavy atom. The molecular formula is C31H32ClN5O3S. The van der Waals surface area contributed by atoms with E-state index in [-0.39, 0.29) is 23.1 Å². The minimum atomic E-state index is -0.141. The minimum Gasteiger partial charge on any atom is -0.378 e. The van der Waals surface area contributed by atoms with Gasteiger partial charge in [-0.15, -0.1) is 11.3 Å². The lowest BCUT2D eigenvalue weighted by Gasteiger charge is -2.34. The summed E-state index contributed by atoms with van der Waals surface area (Å²) in [4.78, 5) is 39.0. The quantitative estimate of drug-likeness (QED) is 0.297. The lowest BCUT2D eigenvalue weighted by Crippen LogP contribution is -2.40. The van der Waals surface area contributed by atoms with Gasteiger partial charge in [0.25, 0.3) is 5.91 Å². The number of aryl methyl sites for hydroxylation is 2. The molecule has 2 aliphatic rings. The van der Waals surface area contributed by atoms with E-state index >= 15 is 0 Å². The van der Waals surface area contributed by atoms with Crippen LogP contribution in [-0.2, 0) is 22.5 Å². The number of nitrogens with one attached hydrogen (secondary N) is 1. The normalized spacial score (nSPS) is 17.0. The number of fused-ring (bicyclic) bond motifs is 2. The van der Waals surface area contributed by atoms with Crippen molar-refractivity contribution in [1.29, 1.82) is 0 Å². The molecule has 2 aromatic carbocycles. The summed E-state index contributed by atoms with van der Waals surface area (Å²) in [6.07, 6.45) is 1.92. The summed E-state index contributed by atoms with van der Waals surface area (Å²) in [5.74, 6) is 0.701. The van der Waals surface area contributed by atoms with Gasteiger partial charge in [0, 0.05) is 38.3 Å². The second-order valence-corrected chi connectivity index (χ2v) is 12.0. The maximum absolute atomic E-state index is 13.3. The minimum absolute atomic E-state index is 0.0812. The van der Waals surface area contributed by atoms with Crippen LogP contribution in [0, 0.1) is 6.92 Å². The molecule has 41 heavy (non-hydrogen) atoms. The number of benzene rings is 2. The number of hydrogen-bond acceptors (Lipinski definition) is 7. The Labute approximate surface area is 248 Å². The molecule has 6 rings (SSSR count). The predicted octanol–water partition coefficient (Wildman–Crippen LogP) is 5.77. The molecule has 1 saturated heterocycles. The lowest BCUT2D eigenvalue weighted by atomic mass is 9.93. The van der Waals surface area contributed by atoms with Crippen molar-refractivity contribution in [2.45, 2.75) is 46.2 Å². The highest BCUT2D eigenvalue weighted by Crippen LogP contribution is 2.37. The third-order valence-electron chi connectivity index (χ3n) is 7.93. The van der Waals surface area contributed by atoms with Gasteiger partial charge in [0.05, 0.1) is 28.3 Å². The Balaban J connectivity index is 1.17. The van der Waals surface area contributed by atoms with Gasteiger partial charge in [0.15, 0.2) is 5.82 Å². The van der Waals surface area contributed by atoms with Crippen LogP contribution in [0.25, 0.3) is 21.3 Å². The fraction of sp³-hybridized carbons (Fsp3) is 0.355. The van der Waals surface area contributed by atoms with Gasteiger partial charge in [-0.1, -0.05) is 30.3 Å². The number of amides is 2. The zero-order valence-electron chi connectivity index (χ0n) is 23.4. The van der Waals surface area contributed by atoms with Gasteiger partial charge in [-0.2, -0.15) is 4.98 Å². The molecule has 1 atom stereocenters. The Bertz CT molecular complexity index is 1630. The molecule has 8 nitrogen and oxygen atoms in total. The van der Waals surface area contributed by atoms with Gasteiger partial charge >= 0.3 is 0 Å². The van der Waals surface area contributed by atoms with E-state index < -0.39 is 0 Å². The average molecular weight is 590 g/mol. The molecule has 0 unspecified atom stereocenters. The van der Waals surface area contributed by atoms with Gasteiger partial charge in [0.1, 0.15) is 0 Å². The van der Waals surface area contributed by atoms with Gasteiger partial charge in [-0.3, -0.25) is 9.59 Å². The van der Waals surface area contributed by atoms with Crippen molar-refractivity contribution < 1.29 is 14.3 Å². The summed E-state index contributed by atoms with van der Waals surface area (Å²) in [6.45, 7) is 8.75. The summed E-state index contributed by atoms with van der Waals surface area (Å²) in [5.41, 5.74) is 6.97. The number of rotatable bonds is 5. The standard InChI is InChI=1S/C31H32ClN5O3S/c1-18-4-7-24-16-23(10-11-25(24)37(18)20(3)38)22-8-5-21(6-9-22)17-33-30(39)27-19(2)26-28(41-27)29(35-31(32)34-26)36-12-14-40-15-13-36/h5-6,8-11,16,18H,4,7,12-15,17H2,1-3H3,(H,33,39)/t18-/m0/s1. The van der Waals surface area contributed by atoms with E-state index in [4.69, 9.17) is 16.3 Å². The van der Waals surface area contributed by atoms with Crippen LogP contribution in [0.15, 0.2) is 42.5 Å². The number of ether oxygens (including phenoxy) is 1. The molecule has 0 spiro atoms. The molecule has 2 amide bonds. The van der Waals surface area contributed by atoms with E-state index in [1.54, 1.807) is 6.92 Å². The van der Waals surface area contributed by atoms with E-state index in [1.807, 2.05) is 24.0 Å². The van der Waals surface area contributed by atoms with E-state index in [0.717, 1.165) is 69.9 Å². The molecule has 2 aliphatic heterocycles. The van der Waals surface area contributed by atoms with Crippen molar-refractivity contribution >= 4 is 56.5 Å². The van der Waals surface area contributed by atoms with Crippen LogP contribution >= 0.6 is 22.9 Å². The lowest BCUT2D eigenvalue weighted by molar-refractivity contribution is -0.117. The molecule has 212 valence electrons. The Morgan fingerprint density at radius 1 is 1.10 bits per heavy atom. The summed E-state index contributed by atoms with van der Waals surface area (Å²) < 4.78 is 6.35. The molecule has 2 aromatic heterocycles. The summed E-state index contributed by atoms with van der Waals surface area (Å²) in [6, 6.07) is 14.8. The highest BCUT2D eigenvalue weighted by Gasteiger charge is 2.26. The first-order valence-electron chi connectivity index (χ1n) is 13.9. The first-order chi connectivity index (χ1) is 19.8. The molecule has 4 aromatic rings. The molecule has 0 aliphatic carbocycles. The van der Waals surface area contributed by atoms with Crippen LogP contribution in [0.3, 0.4) is 0 Å². The van der Waals surface area contributed by atoms with Crippen molar-refractivity contribution in [3.8, 4) is 11.1 Å². The topological polar surface area (TPSA) is 87.7 Å². The van der Waals surface area contributed by atoms with Crippen LogP contribution in [0.4, 0.5) is 11.5 Å². The fourth-order valence-corrected chi connectivity index (χ4v) is 7.09. The molecule has 0 radical (unpaired) electrons. The highest BCUT2D eigenvalue weighted by atomic mass is 35.5. The van der Waals surface area contributed by atoms with E-state index in [2.05, 4.69) is 57.4 Å². The third kappa shape index (κ3) is 5.41. The zero-order chi connectivity index (χ0) is 28.7. The summed E-state index contributed by atoms with van der Waals surface area (Å²) >= 11 is 7.68. The molecule has 0 saturated carbocycles. The van der Waals surface area contributed by atoms with E-state index in [0.29, 0.717) is 24.6 Å². The fourth-order valence-electron chi connectivity index (χ4n) is 5.74. The van der Waals surface area contributed by atoms with Crippen LogP contribution in [-0.4, -0.2) is 54.1 Å². The maximum atomic E-state index is 13.3. The van der Waals surface area contributed by atoms with Crippen molar-refractivity contribution in [2.24, 2.45) is 0 Å². The SMILES string of the molecule is CC(=O)N1c2ccc(-c3ccc(CNC(=O)c4sc5c(N6CCOCC6)nc(Cl)nc5c4C)cc3)cc2CC[C@@H]1C. The first-order valence-corrected chi connectivity index (χ1v) is 15.1. The number of carbonyl (C=O) groups is 2.